The van der Waals surface area contributed by atoms with Gasteiger partial charge in [-0.1, -0.05) is 0 Å². The second-order valence-electron chi connectivity index (χ2n) is 14.5. The predicted molar refractivity (Wildman–Crippen MR) is 180 cm³/mol. The Kier molecular flexibility index (Phi) is 7.15. The fourth-order valence-electron chi connectivity index (χ4n) is 7.99. The highest BCUT2D eigenvalue weighted by Gasteiger charge is 2.45. The lowest BCUT2D eigenvalue weighted by Gasteiger charge is -2.35. The second kappa shape index (κ2) is 11.6. The maximum Gasteiger partial charge on any atom is 0.262 e. The third-order valence-corrected chi connectivity index (χ3v) is 11.1. The van der Waals surface area contributed by atoms with Crippen molar-refractivity contribution < 1.29 is 19.2 Å². The fraction of sp³-hybridized carbons (Fsp3) is 0.472. The molecule has 2 saturated carbocycles. The van der Waals surface area contributed by atoms with Crippen molar-refractivity contribution in [3.05, 3.63) is 59.7 Å². The Bertz CT molecular complexity index is 2020. The number of aromatic nitrogens is 5. The van der Waals surface area contributed by atoms with Gasteiger partial charge in [-0.2, -0.15) is 10.2 Å². The molecule has 1 atom stereocenters. The summed E-state index contributed by atoms with van der Waals surface area (Å²) in [6.45, 7) is 2.90. The van der Waals surface area contributed by atoms with Crippen LogP contribution in [0.25, 0.3) is 22.2 Å². The van der Waals surface area contributed by atoms with Crippen LogP contribution in [0.15, 0.2) is 42.9 Å². The van der Waals surface area contributed by atoms with Gasteiger partial charge in [0, 0.05) is 47.9 Å². The summed E-state index contributed by atoms with van der Waals surface area (Å²) in [5.74, 6) is -1.06. The number of anilines is 1. The van der Waals surface area contributed by atoms with Gasteiger partial charge in [-0.15, -0.1) is 0 Å². The molecule has 5 aliphatic rings. The largest absolute Gasteiger partial charge is 0.385 e. The Hall–Kier alpha value is -4.91. The van der Waals surface area contributed by atoms with E-state index in [1.165, 1.54) is 0 Å². The molecule has 4 fully saturated rings. The van der Waals surface area contributed by atoms with E-state index in [1.807, 2.05) is 12.4 Å². The van der Waals surface area contributed by atoms with E-state index in [4.69, 9.17) is 15.2 Å². The molecule has 3 aromatic heterocycles. The number of likely N-dealkylation sites (tertiary alicyclic amines) is 1. The number of carbonyl (C=O) groups excluding carboxylic acids is 4. The molecule has 1 unspecified atom stereocenters. The molecule has 6 heterocycles. The van der Waals surface area contributed by atoms with Crippen molar-refractivity contribution in [2.75, 3.05) is 32.0 Å². The summed E-state index contributed by atoms with van der Waals surface area (Å²) < 4.78 is 4.37. The molecule has 49 heavy (non-hydrogen) atoms. The zero-order chi connectivity index (χ0) is 33.4. The Balaban J connectivity index is 0.863. The quantitative estimate of drug-likeness (QED) is 0.268. The van der Waals surface area contributed by atoms with Crippen LogP contribution in [0.3, 0.4) is 0 Å². The molecule has 252 valence electrons. The van der Waals surface area contributed by atoms with Gasteiger partial charge in [0.25, 0.3) is 11.8 Å². The molecular weight excluding hydrogens is 622 g/mol. The first-order valence-corrected chi connectivity index (χ1v) is 17.5. The average Bonchev–Trinajstić information content (AvgIpc) is 3.61. The molecule has 2 saturated heterocycles. The van der Waals surface area contributed by atoms with Crippen LogP contribution in [0.4, 0.5) is 5.69 Å². The first-order valence-electron chi connectivity index (χ1n) is 17.5. The number of carbonyl (C=O) groups is 4. The molecule has 3 aliphatic heterocycles. The van der Waals surface area contributed by atoms with Crippen LogP contribution in [0.5, 0.6) is 0 Å². The van der Waals surface area contributed by atoms with Gasteiger partial charge >= 0.3 is 0 Å². The fourth-order valence-corrected chi connectivity index (χ4v) is 7.99. The average molecular weight is 662 g/mol. The van der Waals surface area contributed by atoms with Gasteiger partial charge in [0.1, 0.15) is 6.04 Å². The maximum atomic E-state index is 13.2. The number of pyridine rings is 1. The Morgan fingerprint density at radius 3 is 2.47 bits per heavy atom. The first-order chi connectivity index (χ1) is 23.8. The SMILES string of the molecule is CN1CCC(n2ncc3cnc(-c4cn([C@H]5C[C@H](CNc6ccc7c(c6)C(=O)N(C6CCC(=O)NC6=O)C7=O)C5)nc4C4CC4)cc32)CC1. The molecule has 9 rings (SSSR count). The summed E-state index contributed by atoms with van der Waals surface area (Å²) >= 11 is 0. The molecule has 4 amide bonds. The number of amides is 4. The molecule has 13 heteroatoms. The van der Waals surface area contributed by atoms with E-state index in [0.29, 0.717) is 23.9 Å². The van der Waals surface area contributed by atoms with Gasteiger partial charge in [-0.05, 0) is 95.3 Å². The summed E-state index contributed by atoms with van der Waals surface area (Å²) in [7, 11) is 2.18. The Morgan fingerprint density at radius 2 is 1.69 bits per heavy atom. The molecule has 2 aliphatic carbocycles. The summed E-state index contributed by atoms with van der Waals surface area (Å²) in [6, 6.07) is 7.10. The van der Waals surface area contributed by atoms with Gasteiger partial charge in [-0.25, -0.2) is 0 Å². The number of nitrogens with zero attached hydrogens (tertiary/aromatic N) is 7. The second-order valence-corrected chi connectivity index (χ2v) is 14.5. The van der Waals surface area contributed by atoms with Gasteiger partial charge in [0.05, 0.1) is 46.3 Å². The third-order valence-electron chi connectivity index (χ3n) is 11.1. The molecule has 0 bridgehead atoms. The van der Waals surface area contributed by atoms with Crippen molar-refractivity contribution >= 4 is 40.2 Å². The predicted octanol–water partition coefficient (Wildman–Crippen LogP) is 3.90. The van der Waals surface area contributed by atoms with E-state index in [2.05, 4.69) is 44.2 Å². The smallest absolute Gasteiger partial charge is 0.262 e. The standard InChI is InChI=1S/C36H39N9O4/c1-42-10-8-24(9-11-42)45-31-15-29(38-17-22(31)18-39-45)28-19-43(41-33(28)21-2-3-21)25-12-20(13-25)16-37-23-4-5-26-27(14-23)36(49)44(35(26)48)30-6-7-32(46)40-34(30)47/h4-5,14-15,17-21,24-25,30,37H,2-3,6-13,16H2,1H3,(H,40,46,47)/t20-,25-,30?. The zero-order valence-electron chi connectivity index (χ0n) is 27.5. The number of fused-ring (bicyclic) bond motifs is 2. The number of hydrogen-bond donors (Lipinski definition) is 2. The van der Waals surface area contributed by atoms with Gasteiger partial charge in [0.2, 0.25) is 11.8 Å². The normalized spacial score (nSPS) is 24.8. The number of imide groups is 2. The van der Waals surface area contributed by atoms with Crippen molar-refractivity contribution in [2.24, 2.45) is 5.92 Å². The van der Waals surface area contributed by atoms with E-state index in [1.54, 1.807) is 18.2 Å². The zero-order valence-corrected chi connectivity index (χ0v) is 27.5. The number of piperidine rings is 2. The third kappa shape index (κ3) is 5.31. The molecule has 4 aromatic rings. The summed E-state index contributed by atoms with van der Waals surface area (Å²) in [6.07, 6.45) is 12.8. The molecule has 0 spiro atoms. The maximum absolute atomic E-state index is 13.2. The van der Waals surface area contributed by atoms with Crippen LogP contribution >= 0.6 is 0 Å². The number of rotatable bonds is 8. The highest BCUT2D eigenvalue weighted by molar-refractivity contribution is 6.23. The van der Waals surface area contributed by atoms with Crippen LogP contribution < -0.4 is 10.6 Å². The lowest BCUT2D eigenvalue weighted by Crippen LogP contribution is -2.54. The van der Waals surface area contributed by atoms with E-state index in [0.717, 1.165) is 96.6 Å². The van der Waals surface area contributed by atoms with Crippen LogP contribution in [-0.4, -0.2) is 90.7 Å². The van der Waals surface area contributed by atoms with Crippen LogP contribution in [0.2, 0.25) is 0 Å². The van der Waals surface area contributed by atoms with Crippen molar-refractivity contribution in [1.29, 1.82) is 0 Å². The van der Waals surface area contributed by atoms with Gasteiger partial charge < -0.3 is 10.2 Å². The van der Waals surface area contributed by atoms with E-state index in [9.17, 15) is 19.2 Å². The Labute approximate surface area is 283 Å². The topological polar surface area (TPSA) is 147 Å². The van der Waals surface area contributed by atoms with Crippen molar-refractivity contribution in [3.63, 3.8) is 0 Å². The minimum Gasteiger partial charge on any atom is -0.385 e. The van der Waals surface area contributed by atoms with Crippen molar-refractivity contribution in [1.82, 2.24) is 39.7 Å². The van der Waals surface area contributed by atoms with E-state index < -0.39 is 23.8 Å². The highest BCUT2D eigenvalue weighted by atomic mass is 16.2. The molecule has 13 nitrogen and oxygen atoms in total. The Morgan fingerprint density at radius 1 is 0.898 bits per heavy atom. The van der Waals surface area contributed by atoms with E-state index in [-0.39, 0.29) is 29.9 Å². The van der Waals surface area contributed by atoms with Gasteiger partial charge in [-0.3, -0.25) is 43.7 Å². The lowest BCUT2D eigenvalue weighted by molar-refractivity contribution is -0.136. The minimum atomic E-state index is -0.970. The summed E-state index contributed by atoms with van der Waals surface area (Å²) in [5.41, 5.74) is 5.72. The molecule has 0 radical (unpaired) electrons. The highest BCUT2D eigenvalue weighted by Crippen LogP contribution is 2.46. The number of nitrogens with one attached hydrogen (secondary N) is 2. The number of hydrogen-bond acceptors (Lipinski definition) is 9. The number of benzene rings is 1. The summed E-state index contributed by atoms with van der Waals surface area (Å²) in [4.78, 5) is 58.5. The van der Waals surface area contributed by atoms with Gasteiger partial charge in [0.15, 0.2) is 0 Å². The van der Waals surface area contributed by atoms with Crippen LogP contribution in [0.1, 0.15) is 95.8 Å². The molecular formula is C36H39N9O4. The van der Waals surface area contributed by atoms with E-state index >= 15 is 0 Å². The first kappa shape index (κ1) is 30.2. The summed E-state index contributed by atoms with van der Waals surface area (Å²) in [5, 5.41) is 16.7. The van der Waals surface area contributed by atoms with Crippen molar-refractivity contribution in [3.8, 4) is 11.3 Å². The molecule has 2 N–H and O–H groups in total. The lowest BCUT2D eigenvalue weighted by atomic mass is 9.80. The minimum absolute atomic E-state index is 0.0958. The van der Waals surface area contributed by atoms with Crippen LogP contribution in [-0.2, 0) is 9.59 Å². The monoisotopic (exact) mass is 661 g/mol. The van der Waals surface area contributed by atoms with Crippen molar-refractivity contribution in [2.45, 2.75) is 75.4 Å². The van der Waals surface area contributed by atoms with Crippen LogP contribution in [0, 0.1) is 5.92 Å². The molecule has 1 aromatic carbocycles.